The topological polar surface area (TPSA) is 96.2 Å². The minimum atomic E-state index is -1.31. The Labute approximate surface area is 207 Å². The van der Waals surface area contributed by atoms with Gasteiger partial charge >= 0.3 is 5.97 Å². The molecule has 1 rings (SSSR count). The summed E-state index contributed by atoms with van der Waals surface area (Å²) in [6.07, 6.45) is 13.0. The van der Waals surface area contributed by atoms with Gasteiger partial charge in [-0.3, -0.25) is 0 Å². The van der Waals surface area contributed by atoms with Crippen LogP contribution in [0.15, 0.2) is 23.2 Å². The number of unbranched alkanes of at least 4 members (excludes halogenated alkanes) is 1. The third kappa shape index (κ3) is 12.3. The second-order valence-electron chi connectivity index (χ2n) is 10.7. The molecule has 6 heteroatoms. The minimum absolute atomic E-state index is 0.0915. The van der Waals surface area contributed by atoms with E-state index in [4.69, 9.17) is 14.6 Å². The molecule has 0 saturated heterocycles. The minimum Gasteiger partial charge on any atom is -0.499 e. The normalized spacial score (nSPS) is 19.5. The highest BCUT2D eigenvalue weighted by Gasteiger charge is 2.40. The number of cyclic esters (lactones) is 1. The Morgan fingerprint density at radius 3 is 2.18 bits per heavy atom. The smallest absolute Gasteiger partial charge is 0.378 e. The lowest BCUT2D eigenvalue weighted by molar-refractivity contribution is -0.148. The molecule has 4 atom stereocenters. The molecule has 3 N–H and O–H groups in total. The van der Waals surface area contributed by atoms with E-state index in [0.717, 1.165) is 37.0 Å². The molecule has 0 fully saturated rings. The van der Waals surface area contributed by atoms with Crippen LogP contribution in [0.1, 0.15) is 105 Å². The molecule has 0 saturated carbocycles. The van der Waals surface area contributed by atoms with Crippen molar-refractivity contribution in [3.8, 4) is 0 Å². The summed E-state index contributed by atoms with van der Waals surface area (Å²) < 4.78 is 10.3. The van der Waals surface area contributed by atoms with E-state index < -0.39 is 30.5 Å². The van der Waals surface area contributed by atoms with Crippen LogP contribution in [-0.4, -0.2) is 46.7 Å². The van der Waals surface area contributed by atoms with Gasteiger partial charge in [0.2, 0.25) is 5.76 Å². The van der Waals surface area contributed by atoms with Crippen molar-refractivity contribution in [1.82, 2.24) is 0 Å². The van der Waals surface area contributed by atoms with E-state index in [1.165, 1.54) is 56.9 Å². The first-order valence-electron chi connectivity index (χ1n) is 13.4. The van der Waals surface area contributed by atoms with Gasteiger partial charge in [0.05, 0.1) is 13.2 Å². The molecule has 0 amide bonds. The standard InChI is InChI=1S/C28H50O6/c1-20(2)11-8-13-22(4)15-10-17-23(5)16-9-14-21(3)12-6-7-18-33-27-25(31)28(32)34-26(27)24(30)19-29/h12,20,22-24,26,29-31H,6-11,13-19H2,1-5H3. The zero-order chi connectivity index (χ0) is 25.5. The Morgan fingerprint density at radius 1 is 1.00 bits per heavy atom. The Morgan fingerprint density at radius 2 is 1.59 bits per heavy atom. The number of esters is 1. The summed E-state index contributed by atoms with van der Waals surface area (Å²) in [7, 11) is 0. The van der Waals surface area contributed by atoms with E-state index in [0.29, 0.717) is 6.61 Å². The Kier molecular flexibility index (Phi) is 15.2. The fourth-order valence-corrected chi connectivity index (χ4v) is 4.38. The molecule has 0 spiro atoms. The SMILES string of the molecule is CC(=CCCCOC1=C(O)C(=O)OC1C(O)CO)CCCC(C)CCCC(C)CCCC(C)C. The number of hydrogen-bond acceptors (Lipinski definition) is 6. The molecule has 1 heterocycles. The van der Waals surface area contributed by atoms with Gasteiger partial charge < -0.3 is 24.8 Å². The van der Waals surface area contributed by atoms with Gasteiger partial charge in [-0.15, -0.1) is 0 Å². The predicted molar refractivity (Wildman–Crippen MR) is 136 cm³/mol. The number of rotatable bonds is 19. The lowest BCUT2D eigenvalue weighted by atomic mass is 9.91. The van der Waals surface area contributed by atoms with Gasteiger partial charge in [-0.25, -0.2) is 4.79 Å². The maximum absolute atomic E-state index is 11.5. The highest BCUT2D eigenvalue weighted by atomic mass is 16.6. The average Bonchev–Trinajstić information content (AvgIpc) is 3.06. The van der Waals surface area contributed by atoms with Crippen molar-refractivity contribution in [2.75, 3.05) is 13.2 Å². The number of hydrogen-bond donors (Lipinski definition) is 3. The largest absolute Gasteiger partial charge is 0.499 e. The molecule has 0 aliphatic carbocycles. The van der Waals surface area contributed by atoms with Crippen LogP contribution in [0, 0.1) is 17.8 Å². The van der Waals surface area contributed by atoms with Crippen LogP contribution in [-0.2, 0) is 14.3 Å². The van der Waals surface area contributed by atoms with Crippen molar-refractivity contribution in [1.29, 1.82) is 0 Å². The molecule has 0 aromatic heterocycles. The molecule has 6 nitrogen and oxygen atoms in total. The molecule has 1 aliphatic rings. The third-order valence-corrected chi connectivity index (χ3v) is 6.69. The van der Waals surface area contributed by atoms with Gasteiger partial charge in [-0.05, 0) is 50.4 Å². The zero-order valence-corrected chi connectivity index (χ0v) is 22.2. The first-order chi connectivity index (χ1) is 16.1. The first-order valence-corrected chi connectivity index (χ1v) is 13.4. The van der Waals surface area contributed by atoms with Crippen molar-refractivity contribution in [2.45, 2.75) is 117 Å². The first kappa shape index (κ1) is 30.5. The number of carbonyl (C=O) groups excluding carboxylic acids is 1. The lowest BCUT2D eigenvalue weighted by Crippen LogP contribution is -2.32. The molecule has 198 valence electrons. The molecule has 0 aromatic rings. The van der Waals surface area contributed by atoms with E-state index in [-0.39, 0.29) is 5.76 Å². The van der Waals surface area contributed by atoms with Crippen molar-refractivity contribution in [2.24, 2.45) is 17.8 Å². The number of aliphatic hydroxyl groups excluding tert-OH is 3. The molecule has 34 heavy (non-hydrogen) atoms. The zero-order valence-electron chi connectivity index (χ0n) is 22.2. The number of allylic oxidation sites excluding steroid dienone is 2. The van der Waals surface area contributed by atoms with Gasteiger partial charge in [0.1, 0.15) is 6.10 Å². The summed E-state index contributed by atoms with van der Waals surface area (Å²) in [5.74, 6) is 0.805. The molecule has 4 unspecified atom stereocenters. The van der Waals surface area contributed by atoms with Gasteiger partial charge in [0.25, 0.3) is 0 Å². The van der Waals surface area contributed by atoms with Crippen LogP contribution in [0.25, 0.3) is 0 Å². The molecule has 0 aromatic carbocycles. The van der Waals surface area contributed by atoms with Crippen LogP contribution in [0.2, 0.25) is 0 Å². The molecular formula is C28H50O6. The van der Waals surface area contributed by atoms with E-state index in [2.05, 4.69) is 40.7 Å². The van der Waals surface area contributed by atoms with E-state index >= 15 is 0 Å². The van der Waals surface area contributed by atoms with Crippen molar-refractivity contribution >= 4 is 5.97 Å². The molecular weight excluding hydrogens is 432 g/mol. The summed E-state index contributed by atoms with van der Waals surface area (Å²) in [5.41, 5.74) is 1.38. The van der Waals surface area contributed by atoms with Gasteiger partial charge in [0.15, 0.2) is 11.9 Å². The Balaban J connectivity index is 2.15. The second-order valence-corrected chi connectivity index (χ2v) is 10.7. The average molecular weight is 483 g/mol. The van der Waals surface area contributed by atoms with Gasteiger partial charge in [0, 0.05) is 0 Å². The quantitative estimate of drug-likeness (QED) is 0.115. The summed E-state index contributed by atoms with van der Waals surface area (Å²) in [5, 5.41) is 28.5. The second kappa shape index (κ2) is 17.0. The maximum Gasteiger partial charge on any atom is 0.378 e. The van der Waals surface area contributed by atoms with Crippen LogP contribution in [0.3, 0.4) is 0 Å². The predicted octanol–water partition coefficient (Wildman–Crippen LogP) is 6.22. The monoisotopic (exact) mass is 482 g/mol. The number of carbonyl (C=O) groups is 1. The van der Waals surface area contributed by atoms with Gasteiger partial charge in [-0.2, -0.15) is 0 Å². The third-order valence-electron chi connectivity index (χ3n) is 6.69. The van der Waals surface area contributed by atoms with E-state index in [1.807, 2.05) is 0 Å². The summed E-state index contributed by atoms with van der Waals surface area (Å²) >= 11 is 0. The van der Waals surface area contributed by atoms with E-state index in [9.17, 15) is 15.0 Å². The van der Waals surface area contributed by atoms with Gasteiger partial charge in [-0.1, -0.05) is 84.3 Å². The number of aliphatic hydroxyl groups is 3. The molecule has 1 aliphatic heterocycles. The Bertz CT molecular complexity index is 639. The van der Waals surface area contributed by atoms with Crippen LogP contribution in [0.5, 0.6) is 0 Å². The highest BCUT2D eigenvalue weighted by Crippen LogP contribution is 2.25. The summed E-state index contributed by atoms with van der Waals surface area (Å²) in [6, 6.07) is 0. The van der Waals surface area contributed by atoms with E-state index in [1.54, 1.807) is 0 Å². The summed E-state index contributed by atoms with van der Waals surface area (Å²) in [4.78, 5) is 11.5. The fourth-order valence-electron chi connectivity index (χ4n) is 4.38. The van der Waals surface area contributed by atoms with Crippen molar-refractivity contribution < 1.29 is 29.6 Å². The molecule has 0 bridgehead atoms. The fraction of sp³-hybridized carbons (Fsp3) is 0.821. The number of ether oxygens (including phenoxy) is 2. The lowest BCUT2D eigenvalue weighted by Gasteiger charge is -2.18. The van der Waals surface area contributed by atoms with Crippen molar-refractivity contribution in [3.63, 3.8) is 0 Å². The maximum atomic E-state index is 11.5. The van der Waals surface area contributed by atoms with Crippen LogP contribution < -0.4 is 0 Å². The molecule has 0 radical (unpaired) electrons. The van der Waals surface area contributed by atoms with Crippen LogP contribution in [0.4, 0.5) is 0 Å². The summed E-state index contributed by atoms with van der Waals surface area (Å²) in [6.45, 7) is 11.3. The highest BCUT2D eigenvalue weighted by molar-refractivity contribution is 5.89. The Hall–Kier alpha value is -1.53. The van der Waals surface area contributed by atoms with Crippen LogP contribution >= 0.6 is 0 Å². The van der Waals surface area contributed by atoms with Crippen molar-refractivity contribution in [3.05, 3.63) is 23.2 Å².